The number of hydrogen-bond donors (Lipinski definition) is 1. The minimum atomic E-state index is 0.361. The molecule has 1 aliphatic heterocycles. The van der Waals surface area contributed by atoms with Gasteiger partial charge in [-0.05, 0) is 30.0 Å². The molecule has 15 heavy (non-hydrogen) atoms. The van der Waals surface area contributed by atoms with Crippen LogP contribution in [0.25, 0.3) is 0 Å². The number of anilines is 1. The number of rotatable bonds is 0. The van der Waals surface area contributed by atoms with Gasteiger partial charge in [0.2, 0.25) is 0 Å². The summed E-state index contributed by atoms with van der Waals surface area (Å²) in [4.78, 5) is 1.40. The van der Waals surface area contributed by atoms with E-state index in [9.17, 15) is 0 Å². The van der Waals surface area contributed by atoms with Crippen molar-refractivity contribution in [3.8, 4) is 0 Å². The normalized spacial score (nSPS) is 20.7. The van der Waals surface area contributed by atoms with Crippen LogP contribution in [0.5, 0.6) is 0 Å². The number of thioether (sulfide) groups is 1. The molecule has 1 aromatic carbocycles. The van der Waals surface area contributed by atoms with Crippen LogP contribution >= 0.6 is 11.8 Å². The summed E-state index contributed by atoms with van der Waals surface area (Å²) in [5.41, 5.74) is 3.00. The molecule has 0 aliphatic carbocycles. The van der Waals surface area contributed by atoms with Gasteiger partial charge in [-0.1, -0.05) is 26.8 Å². The zero-order chi connectivity index (χ0) is 11.1. The molecule has 1 aliphatic rings. The van der Waals surface area contributed by atoms with Crippen molar-refractivity contribution in [2.45, 2.75) is 37.8 Å². The van der Waals surface area contributed by atoms with E-state index in [-0.39, 0.29) is 0 Å². The number of benzene rings is 1. The summed E-state index contributed by atoms with van der Waals surface area (Å²) in [6.45, 7) is 10.1. The predicted octanol–water partition coefficient (Wildman–Crippen LogP) is 3.93. The molecule has 0 saturated heterocycles. The smallest absolute Gasteiger partial charge is 0.0481 e. The molecule has 0 amide bonds. The van der Waals surface area contributed by atoms with E-state index in [0.717, 1.165) is 6.54 Å². The van der Waals surface area contributed by atoms with Crippen molar-refractivity contribution in [3.63, 3.8) is 0 Å². The van der Waals surface area contributed by atoms with Gasteiger partial charge in [-0.15, -0.1) is 11.8 Å². The minimum Gasteiger partial charge on any atom is -0.383 e. The fourth-order valence-electron chi connectivity index (χ4n) is 1.77. The number of fused-ring (bicyclic) bond motifs is 1. The highest BCUT2D eigenvalue weighted by atomic mass is 32.2. The van der Waals surface area contributed by atoms with E-state index < -0.39 is 0 Å². The Bertz CT molecular complexity index is 365. The highest BCUT2D eigenvalue weighted by molar-refractivity contribution is 8.00. The van der Waals surface area contributed by atoms with E-state index in [4.69, 9.17) is 0 Å². The van der Waals surface area contributed by atoms with Crippen molar-refractivity contribution < 1.29 is 0 Å². The van der Waals surface area contributed by atoms with E-state index in [1.165, 1.54) is 16.1 Å². The lowest BCUT2D eigenvalue weighted by molar-refractivity contribution is 0.401. The van der Waals surface area contributed by atoms with Crippen molar-refractivity contribution in [2.75, 3.05) is 11.9 Å². The maximum Gasteiger partial charge on any atom is 0.0481 e. The fourth-order valence-corrected chi connectivity index (χ4v) is 3.00. The molecule has 82 valence electrons. The van der Waals surface area contributed by atoms with Gasteiger partial charge in [-0.25, -0.2) is 0 Å². The first-order chi connectivity index (χ1) is 6.97. The van der Waals surface area contributed by atoms with Gasteiger partial charge in [0.1, 0.15) is 0 Å². The van der Waals surface area contributed by atoms with Crippen LogP contribution in [-0.4, -0.2) is 11.8 Å². The fraction of sp³-hybridized carbons (Fsp3) is 0.538. The third-order valence-corrected chi connectivity index (χ3v) is 4.62. The summed E-state index contributed by atoms with van der Waals surface area (Å²) in [5.74, 6) is 0. The quantitative estimate of drug-likeness (QED) is 0.712. The molecule has 0 radical (unpaired) electrons. The molecule has 0 aromatic heterocycles. The molecular weight excluding hydrogens is 202 g/mol. The third kappa shape index (κ3) is 2.31. The van der Waals surface area contributed by atoms with Crippen LogP contribution in [0, 0.1) is 12.3 Å². The van der Waals surface area contributed by atoms with E-state index in [1.54, 1.807) is 0 Å². The topological polar surface area (TPSA) is 12.0 Å². The first-order valence-corrected chi connectivity index (χ1v) is 6.36. The van der Waals surface area contributed by atoms with Crippen molar-refractivity contribution in [1.29, 1.82) is 0 Å². The van der Waals surface area contributed by atoms with Crippen molar-refractivity contribution in [1.82, 2.24) is 0 Å². The molecule has 1 N–H and O–H groups in total. The molecular formula is C13H19NS. The molecule has 1 unspecified atom stereocenters. The molecule has 0 spiro atoms. The Morgan fingerprint density at radius 1 is 1.33 bits per heavy atom. The molecule has 2 heteroatoms. The maximum absolute atomic E-state index is 3.54. The van der Waals surface area contributed by atoms with Gasteiger partial charge in [0.05, 0.1) is 0 Å². The van der Waals surface area contributed by atoms with E-state index in [2.05, 4.69) is 51.2 Å². The van der Waals surface area contributed by atoms with Gasteiger partial charge < -0.3 is 5.32 Å². The zero-order valence-electron chi connectivity index (χ0n) is 9.92. The number of aryl methyl sites for hydroxylation is 1. The average Bonchev–Trinajstić information content (AvgIpc) is 2.15. The monoisotopic (exact) mass is 221 g/mol. The summed E-state index contributed by atoms with van der Waals surface area (Å²) in [7, 11) is 0. The van der Waals surface area contributed by atoms with Crippen LogP contribution in [0.1, 0.15) is 26.3 Å². The van der Waals surface area contributed by atoms with E-state index in [1.807, 2.05) is 11.8 Å². The summed E-state index contributed by atoms with van der Waals surface area (Å²) in [5, 5.41) is 4.20. The summed E-state index contributed by atoms with van der Waals surface area (Å²) in [6, 6.07) is 6.67. The second-order valence-corrected chi connectivity index (χ2v) is 6.60. The first kappa shape index (κ1) is 10.9. The Labute approximate surface area is 96.7 Å². The van der Waals surface area contributed by atoms with Crippen LogP contribution in [0.4, 0.5) is 5.69 Å². The third-order valence-electron chi connectivity index (χ3n) is 2.85. The minimum absolute atomic E-state index is 0.361. The van der Waals surface area contributed by atoms with Crippen LogP contribution in [0.15, 0.2) is 23.1 Å². The van der Waals surface area contributed by atoms with E-state index in [0.29, 0.717) is 10.7 Å². The Morgan fingerprint density at radius 2 is 2.07 bits per heavy atom. The lowest BCUT2D eigenvalue weighted by Crippen LogP contribution is -2.32. The largest absolute Gasteiger partial charge is 0.383 e. The van der Waals surface area contributed by atoms with Crippen molar-refractivity contribution in [3.05, 3.63) is 23.8 Å². The lowest BCUT2D eigenvalue weighted by atomic mass is 9.91. The van der Waals surface area contributed by atoms with Crippen LogP contribution in [0.3, 0.4) is 0 Å². The second-order valence-electron chi connectivity index (χ2n) is 5.35. The molecule has 1 aromatic rings. The Hall–Kier alpha value is -0.630. The number of nitrogens with one attached hydrogen (secondary N) is 1. The molecule has 2 rings (SSSR count). The van der Waals surface area contributed by atoms with Crippen LogP contribution in [-0.2, 0) is 0 Å². The molecule has 0 fully saturated rings. The van der Waals surface area contributed by atoms with Gasteiger partial charge in [-0.2, -0.15) is 0 Å². The van der Waals surface area contributed by atoms with E-state index >= 15 is 0 Å². The maximum atomic E-state index is 3.54. The predicted molar refractivity (Wildman–Crippen MR) is 68.8 cm³/mol. The Morgan fingerprint density at radius 3 is 2.73 bits per heavy atom. The molecule has 1 nitrogen and oxygen atoms in total. The van der Waals surface area contributed by atoms with Gasteiger partial charge in [0.15, 0.2) is 0 Å². The zero-order valence-corrected chi connectivity index (χ0v) is 10.7. The van der Waals surface area contributed by atoms with Crippen molar-refractivity contribution in [2.24, 2.45) is 5.41 Å². The van der Waals surface area contributed by atoms with Crippen molar-refractivity contribution >= 4 is 17.4 Å². The Kier molecular flexibility index (Phi) is 2.72. The molecule has 1 atom stereocenters. The standard InChI is InChI=1S/C13H19NS/c1-9-5-6-11-10(7-9)14-8-12(15-11)13(2,3)4/h5-7,12,14H,8H2,1-4H3. The molecule has 0 bridgehead atoms. The number of hydrogen-bond acceptors (Lipinski definition) is 2. The SMILES string of the molecule is Cc1ccc2c(c1)NCC(C(C)(C)C)S2. The second kappa shape index (κ2) is 3.75. The lowest BCUT2D eigenvalue weighted by Gasteiger charge is -2.35. The molecule has 0 saturated carbocycles. The Balaban J connectivity index is 2.24. The van der Waals surface area contributed by atoms with Gasteiger partial charge in [-0.3, -0.25) is 0 Å². The van der Waals surface area contributed by atoms with Gasteiger partial charge >= 0.3 is 0 Å². The van der Waals surface area contributed by atoms with Gasteiger partial charge in [0, 0.05) is 22.4 Å². The summed E-state index contributed by atoms with van der Waals surface area (Å²) >= 11 is 2.01. The highest BCUT2D eigenvalue weighted by Gasteiger charge is 2.29. The first-order valence-electron chi connectivity index (χ1n) is 5.48. The molecule has 1 heterocycles. The highest BCUT2D eigenvalue weighted by Crippen LogP contribution is 2.42. The summed E-state index contributed by atoms with van der Waals surface area (Å²) < 4.78 is 0. The van der Waals surface area contributed by atoms with Crippen LogP contribution < -0.4 is 5.32 Å². The summed E-state index contributed by atoms with van der Waals surface area (Å²) in [6.07, 6.45) is 0. The average molecular weight is 221 g/mol. The van der Waals surface area contributed by atoms with Crippen LogP contribution in [0.2, 0.25) is 0 Å². The van der Waals surface area contributed by atoms with Gasteiger partial charge in [0.25, 0.3) is 0 Å².